The number of benzene rings is 1. The molecule has 1 aromatic carbocycles. The maximum Gasteiger partial charge on any atom is 0.389 e. The van der Waals surface area contributed by atoms with Gasteiger partial charge < -0.3 is 15.7 Å². The SMILES string of the molecule is C[C@H](NC(=O)CCC(F)(F)F)C(=O)NC1C(=O)N(CCO)c2ncccc2-c2ccccc21. The van der Waals surface area contributed by atoms with Crippen LogP contribution >= 0.6 is 0 Å². The van der Waals surface area contributed by atoms with Gasteiger partial charge in [-0.15, -0.1) is 0 Å². The Bertz CT molecular complexity index is 1040. The summed E-state index contributed by atoms with van der Waals surface area (Å²) in [4.78, 5) is 43.5. The predicted molar refractivity (Wildman–Crippen MR) is 113 cm³/mol. The van der Waals surface area contributed by atoms with Gasteiger partial charge in [0.05, 0.1) is 19.6 Å². The van der Waals surface area contributed by atoms with Crippen molar-refractivity contribution in [3.8, 4) is 11.1 Å². The molecule has 3 rings (SSSR count). The van der Waals surface area contributed by atoms with Crippen LogP contribution in [0, 0.1) is 0 Å². The van der Waals surface area contributed by atoms with Crippen LogP contribution in [0.25, 0.3) is 11.1 Å². The lowest BCUT2D eigenvalue weighted by Crippen LogP contribution is -2.50. The number of anilines is 1. The van der Waals surface area contributed by atoms with E-state index >= 15 is 0 Å². The molecule has 0 spiro atoms. The fraction of sp³-hybridized carbons (Fsp3) is 0.364. The van der Waals surface area contributed by atoms with Crippen molar-refractivity contribution in [3.05, 3.63) is 48.2 Å². The number of hydrogen-bond acceptors (Lipinski definition) is 5. The van der Waals surface area contributed by atoms with Crippen molar-refractivity contribution in [1.29, 1.82) is 0 Å². The first-order valence-electron chi connectivity index (χ1n) is 10.3. The van der Waals surface area contributed by atoms with E-state index < -0.39 is 48.8 Å². The fourth-order valence-corrected chi connectivity index (χ4v) is 3.57. The normalized spacial score (nSPS) is 16.3. The van der Waals surface area contributed by atoms with E-state index in [0.29, 0.717) is 22.5 Å². The van der Waals surface area contributed by atoms with Crippen molar-refractivity contribution in [1.82, 2.24) is 15.6 Å². The summed E-state index contributed by atoms with van der Waals surface area (Å²) in [5.41, 5.74) is 1.78. The number of aromatic nitrogens is 1. The van der Waals surface area contributed by atoms with Gasteiger partial charge in [-0.2, -0.15) is 13.2 Å². The lowest BCUT2D eigenvalue weighted by molar-refractivity contribution is -0.144. The minimum atomic E-state index is -4.49. The number of pyridine rings is 1. The van der Waals surface area contributed by atoms with Crippen molar-refractivity contribution in [2.45, 2.75) is 38.0 Å². The Balaban J connectivity index is 1.85. The minimum Gasteiger partial charge on any atom is -0.395 e. The first-order valence-corrected chi connectivity index (χ1v) is 10.3. The van der Waals surface area contributed by atoms with E-state index in [1.165, 1.54) is 18.0 Å². The Hall–Kier alpha value is -3.47. The topological polar surface area (TPSA) is 112 Å². The number of carbonyl (C=O) groups is 3. The van der Waals surface area contributed by atoms with Gasteiger partial charge in [0, 0.05) is 18.2 Å². The van der Waals surface area contributed by atoms with Crippen molar-refractivity contribution in [2.75, 3.05) is 18.1 Å². The smallest absolute Gasteiger partial charge is 0.389 e. The third-order valence-corrected chi connectivity index (χ3v) is 5.13. The van der Waals surface area contributed by atoms with E-state index in [0.717, 1.165) is 0 Å². The number of β-amino-alcohol motifs (C(OH)–C–C–N with tert-alkyl or cyclic N) is 1. The summed E-state index contributed by atoms with van der Waals surface area (Å²) < 4.78 is 37.0. The van der Waals surface area contributed by atoms with Crippen LogP contribution in [0.15, 0.2) is 42.6 Å². The molecule has 1 aliphatic heterocycles. The van der Waals surface area contributed by atoms with Crippen LogP contribution in [-0.2, 0) is 14.4 Å². The molecule has 3 N–H and O–H groups in total. The number of alkyl halides is 3. The molecule has 0 fully saturated rings. The highest BCUT2D eigenvalue weighted by Crippen LogP contribution is 2.38. The quantitative estimate of drug-likeness (QED) is 0.581. The van der Waals surface area contributed by atoms with Crippen LogP contribution in [0.3, 0.4) is 0 Å². The number of fused-ring (bicyclic) bond motifs is 3. The first kappa shape index (κ1) is 24.2. The summed E-state index contributed by atoms with van der Waals surface area (Å²) in [6.45, 7) is 0.910. The van der Waals surface area contributed by atoms with Crippen LogP contribution in [0.5, 0.6) is 0 Å². The molecule has 1 unspecified atom stereocenters. The van der Waals surface area contributed by atoms with Gasteiger partial charge in [0.1, 0.15) is 17.9 Å². The highest BCUT2D eigenvalue weighted by Gasteiger charge is 2.36. The number of carbonyl (C=O) groups excluding carboxylic acids is 3. The van der Waals surface area contributed by atoms with E-state index in [1.807, 2.05) is 0 Å². The molecular formula is C22H23F3N4O4. The predicted octanol–water partition coefficient (Wildman–Crippen LogP) is 2.09. The van der Waals surface area contributed by atoms with Gasteiger partial charge in [0.25, 0.3) is 5.91 Å². The molecular weight excluding hydrogens is 441 g/mol. The number of halogens is 3. The van der Waals surface area contributed by atoms with Gasteiger partial charge in [-0.1, -0.05) is 24.3 Å². The molecule has 3 amide bonds. The highest BCUT2D eigenvalue weighted by atomic mass is 19.4. The number of nitrogens with zero attached hydrogens (tertiary/aromatic N) is 2. The molecule has 0 bridgehead atoms. The number of hydrogen-bond donors (Lipinski definition) is 3. The number of aliphatic hydroxyl groups is 1. The average Bonchev–Trinajstić information content (AvgIpc) is 2.87. The Morgan fingerprint density at radius 1 is 1.18 bits per heavy atom. The zero-order valence-electron chi connectivity index (χ0n) is 17.7. The highest BCUT2D eigenvalue weighted by molar-refractivity contribution is 6.05. The summed E-state index contributed by atoms with van der Waals surface area (Å²) in [6.07, 6.45) is -5.09. The minimum absolute atomic E-state index is 0.0626. The molecule has 1 aromatic heterocycles. The van der Waals surface area contributed by atoms with Crippen molar-refractivity contribution >= 4 is 23.5 Å². The number of rotatable bonds is 7. The summed E-state index contributed by atoms with van der Waals surface area (Å²) in [7, 11) is 0. The maximum atomic E-state index is 13.4. The largest absolute Gasteiger partial charge is 0.395 e. The van der Waals surface area contributed by atoms with Crippen LogP contribution in [0.1, 0.15) is 31.4 Å². The van der Waals surface area contributed by atoms with Crippen LogP contribution in [-0.4, -0.2) is 53.2 Å². The monoisotopic (exact) mass is 464 g/mol. The molecule has 33 heavy (non-hydrogen) atoms. The van der Waals surface area contributed by atoms with Gasteiger partial charge in [0.15, 0.2) is 0 Å². The standard InChI is InChI=1S/C22H23F3N4O4/c1-13(27-17(31)8-9-22(23,24)25)20(32)28-18-15-6-3-2-5-14(15)16-7-4-10-26-19(16)29(11-12-30)21(18)33/h2-7,10,13,18,30H,8-9,11-12H2,1H3,(H,27,31)(H,28,32)/t13-,18?/m0/s1. The lowest BCUT2D eigenvalue weighted by atomic mass is 9.96. The summed E-state index contributed by atoms with van der Waals surface area (Å²) in [6, 6.07) is 8.04. The zero-order chi connectivity index (χ0) is 24.2. The third kappa shape index (κ3) is 5.67. The molecule has 8 nitrogen and oxygen atoms in total. The third-order valence-electron chi connectivity index (χ3n) is 5.13. The molecule has 176 valence electrons. The van der Waals surface area contributed by atoms with Crippen LogP contribution < -0.4 is 15.5 Å². The fourth-order valence-electron chi connectivity index (χ4n) is 3.57. The van der Waals surface area contributed by atoms with Gasteiger partial charge in [-0.05, 0) is 30.2 Å². The van der Waals surface area contributed by atoms with Gasteiger partial charge in [-0.25, -0.2) is 4.98 Å². The van der Waals surface area contributed by atoms with E-state index in [4.69, 9.17) is 0 Å². The summed E-state index contributed by atoms with van der Waals surface area (Å²) in [5, 5.41) is 14.3. The molecule has 0 saturated carbocycles. The van der Waals surface area contributed by atoms with Gasteiger partial charge in [0.2, 0.25) is 11.8 Å². The van der Waals surface area contributed by atoms with Crippen LogP contribution in [0.2, 0.25) is 0 Å². The van der Waals surface area contributed by atoms with E-state index in [9.17, 15) is 32.7 Å². The molecule has 0 aliphatic carbocycles. The average molecular weight is 464 g/mol. The molecule has 11 heteroatoms. The second kappa shape index (κ2) is 9.99. The second-order valence-corrected chi connectivity index (χ2v) is 7.52. The first-order chi connectivity index (χ1) is 15.6. The molecule has 0 saturated heterocycles. The number of amides is 3. The number of nitrogens with one attached hydrogen (secondary N) is 2. The second-order valence-electron chi connectivity index (χ2n) is 7.52. The van der Waals surface area contributed by atoms with Crippen molar-refractivity contribution < 1.29 is 32.7 Å². The molecule has 1 aliphatic rings. The number of aliphatic hydroxyl groups excluding tert-OH is 1. The van der Waals surface area contributed by atoms with E-state index in [-0.39, 0.29) is 13.2 Å². The summed E-state index contributed by atoms with van der Waals surface area (Å²) >= 11 is 0. The molecule has 2 heterocycles. The Morgan fingerprint density at radius 3 is 2.58 bits per heavy atom. The molecule has 2 aromatic rings. The summed E-state index contributed by atoms with van der Waals surface area (Å²) in [5.74, 6) is -1.89. The Labute approximate surface area is 187 Å². The van der Waals surface area contributed by atoms with Gasteiger partial charge >= 0.3 is 6.18 Å². The van der Waals surface area contributed by atoms with Crippen LogP contribution in [0.4, 0.5) is 19.0 Å². The molecule has 0 radical (unpaired) electrons. The maximum absolute atomic E-state index is 13.4. The lowest BCUT2D eigenvalue weighted by Gasteiger charge is -2.26. The molecule has 2 atom stereocenters. The van der Waals surface area contributed by atoms with E-state index in [2.05, 4.69) is 15.6 Å². The Kier molecular flexibility index (Phi) is 7.32. The van der Waals surface area contributed by atoms with Crippen molar-refractivity contribution in [3.63, 3.8) is 0 Å². The van der Waals surface area contributed by atoms with E-state index in [1.54, 1.807) is 36.4 Å². The Morgan fingerprint density at radius 2 is 1.88 bits per heavy atom. The van der Waals surface area contributed by atoms with Crippen molar-refractivity contribution in [2.24, 2.45) is 0 Å². The zero-order valence-corrected chi connectivity index (χ0v) is 17.7. The van der Waals surface area contributed by atoms with Gasteiger partial charge in [-0.3, -0.25) is 19.3 Å².